The SMILES string of the molecule is CS(=O)(=O)CS(=O)(=O)Nc1cc2c(cc1N)OCCCO2. The summed E-state index contributed by atoms with van der Waals surface area (Å²) in [5, 5.41) is -1.02. The van der Waals surface area contributed by atoms with E-state index >= 15 is 0 Å². The number of anilines is 2. The minimum atomic E-state index is -4.06. The van der Waals surface area contributed by atoms with Gasteiger partial charge in [0.25, 0.3) is 0 Å². The number of nitrogens with two attached hydrogens (primary N) is 1. The molecule has 10 heteroatoms. The first-order chi connectivity index (χ1) is 9.66. The third kappa shape index (κ3) is 4.39. The van der Waals surface area contributed by atoms with E-state index in [-0.39, 0.29) is 11.4 Å². The molecule has 0 unspecified atom stereocenters. The normalized spacial score (nSPS) is 15.3. The maximum atomic E-state index is 11.8. The monoisotopic (exact) mass is 336 g/mol. The van der Waals surface area contributed by atoms with Gasteiger partial charge in [0.05, 0.1) is 24.6 Å². The van der Waals surface area contributed by atoms with Gasteiger partial charge < -0.3 is 15.2 Å². The molecule has 1 heterocycles. The van der Waals surface area contributed by atoms with E-state index in [2.05, 4.69) is 4.72 Å². The predicted molar refractivity (Wildman–Crippen MR) is 78.7 cm³/mol. The van der Waals surface area contributed by atoms with Crippen molar-refractivity contribution in [3.8, 4) is 11.5 Å². The maximum absolute atomic E-state index is 11.8. The van der Waals surface area contributed by atoms with E-state index in [0.29, 0.717) is 31.1 Å². The van der Waals surface area contributed by atoms with E-state index < -0.39 is 24.9 Å². The van der Waals surface area contributed by atoms with E-state index in [4.69, 9.17) is 15.2 Å². The van der Waals surface area contributed by atoms with Crippen LogP contribution in [0.1, 0.15) is 6.42 Å². The Bertz CT molecular complexity index is 742. The molecule has 0 atom stereocenters. The summed E-state index contributed by atoms with van der Waals surface area (Å²) in [6.45, 7) is 0.915. The van der Waals surface area contributed by atoms with Crippen molar-refractivity contribution < 1.29 is 26.3 Å². The highest BCUT2D eigenvalue weighted by molar-refractivity contribution is 8.08. The molecule has 0 radical (unpaired) electrons. The first-order valence-electron chi connectivity index (χ1n) is 6.04. The van der Waals surface area contributed by atoms with Gasteiger partial charge in [-0.15, -0.1) is 0 Å². The molecule has 0 aromatic heterocycles. The molecule has 3 N–H and O–H groups in total. The van der Waals surface area contributed by atoms with Crippen molar-refractivity contribution in [2.45, 2.75) is 6.42 Å². The van der Waals surface area contributed by atoms with Gasteiger partial charge in [-0.05, 0) is 0 Å². The second-order valence-corrected chi connectivity index (χ2v) is 8.93. The van der Waals surface area contributed by atoms with Crippen molar-refractivity contribution in [1.29, 1.82) is 0 Å². The maximum Gasteiger partial charge on any atom is 0.247 e. The molecule has 0 spiro atoms. The molecule has 0 bridgehead atoms. The van der Waals surface area contributed by atoms with Crippen LogP contribution in [0.2, 0.25) is 0 Å². The van der Waals surface area contributed by atoms with Crippen molar-refractivity contribution >= 4 is 31.2 Å². The Morgan fingerprint density at radius 3 is 2.29 bits per heavy atom. The number of sulfone groups is 1. The van der Waals surface area contributed by atoms with Gasteiger partial charge in [-0.2, -0.15) is 0 Å². The Hall–Kier alpha value is -1.68. The molecular formula is C11H16N2O6S2. The van der Waals surface area contributed by atoms with Gasteiger partial charge in [0.2, 0.25) is 10.0 Å². The molecule has 118 valence electrons. The van der Waals surface area contributed by atoms with Crippen molar-refractivity contribution in [3.63, 3.8) is 0 Å². The van der Waals surface area contributed by atoms with Crippen molar-refractivity contribution in [2.75, 3.05) is 35.0 Å². The molecule has 0 aliphatic carbocycles. The number of rotatable bonds is 4. The second kappa shape index (κ2) is 5.60. The Labute approximate surface area is 123 Å². The van der Waals surface area contributed by atoms with Gasteiger partial charge in [-0.3, -0.25) is 4.72 Å². The lowest BCUT2D eigenvalue weighted by molar-refractivity contribution is 0.297. The molecule has 0 fully saturated rings. The quantitative estimate of drug-likeness (QED) is 0.751. The van der Waals surface area contributed by atoms with Crippen LogP contribution in [-0.2, 0) is 19.9 Å². The van der Waals surface area contributed by atoms with Crippen molar-refractivity contribution in [2.24, 2.45) is 0 Å². The van der Waals surface area contributed by atoms with Crippen molar-refractivity contribution in [1.82, 2.24) is 0 Å². The van der Waals surface area contributed by atoms with Gasteiger partial charge in [-0.1, -0.05) is 0 Å². The highest BCUT2D eigenvalue weighted by Crippen LogP contribution is 2.37. The van der Waals surface area contributed by atoms with Crippen LogP contribution in [-0.4, -0.2) is 41.4 Å². The predicted octanol–water partition coefficient (Wildman–Crippen LogP) is 0.174. The largest absolute Gasteiger partial charge is 0.489 e. The van der Waals surface area contributed by atoms with Gasteiger partial charge >= 0.3 is 0 Å². The number of hydrogen-bond acceptors (Lipinski definition) is 7. The fourth-order valence-electron chi connectivity index (χ4n) is 1.79. The number of fused-ring (bicyclic) bond motifs is 1. The lowest BCUT2D eigenvalue weighted by Gasteiger charge is -2.13. The summed E-state index contributed by atoms with van der Waals surface area (Å²) in [4.78, 5) is 0. The lowest BCUT2D eigenvalue weighted by atomic mass is 10.2. The molecule has 1 aliphatic heterocycles. The van der Waals surface area contributed by atoms with Crippen LogP contribution < -0.4 is 19.9 Å². The topological polar surface area (TPSA) is 125 Å². The average Bonchev–Trinajstić information content (AvgIpc) is 2.50. The van der Waals surface area contributed by atoms with Crippen molar-refractivity contribution in [3.05, 3.63) is 12.1 Å². The number of sulfonamides is 1. The summed E-state index contributed by atoms with van der Waals surface area (Å²) in [5.74, 6) is 0.787. The Kier molecular flexibility index (Phi) is 4.19. The minimum absolute atomic E-state index is 0.0582. The molecule has 2 rings (SSSR count). The average molecular weight is 336 g/mol. The summed E-state index contributed by atoms with van der Waals surface area (Å²) < 4.78 is 58.8. The van der Waals surface area contributed by atoms with Crippen LogP contribution in [0.25, 0.3) is 0 Å². The summed E-state index contributed by atoms with van der Waals surface area (Å²) >= 11 is 0. The van der Waals surface area contributed by atoms with Crippen LogP contribution in [0.4, 0.5) is 11.4 Å². The number of benzene rings is 1. The van der Waals surface area contributed by atoms with E-state index in [1.165, 1.54) is 12.1 Å². The second-order valence-electron chi connectivity index (χ2n) is 4.70. The fourth-order valence-corrected chi connectivity index (χ4v) is 4.79. The van der Waals surface area contributed by atoms with E-state index in [1.807, 2.05) is 0 Å². The van der Waals surface area contributed by atoms with Gasteiger partial charge in [0.1, 0.15) is 0 Å². The highest BCUT2D eigenvalue weighted by atomic mass is 32.3. The van der Waals surface area contributed by atoms with Gasteiger partial charge in [0.15, 0.2) is 26.4 Å². The van der Waals surface area contributed by atoms with E-state index in [9.17, 15) is 16.8 Å². The molecule has 21 heavy (non-hydrogen) atoms. The van der Waals surface area contributed by atoms with E-state index in [0.717, 1.165) is 6.26 Å². The summed E-state index contributed by atoms with van der Waals surface area (Å²) in [6, 6.07) is 2.83. The molecular weight excluding hydrogens is 320 g/mol. The molecule has 0 saturated carbocycles. The Balaban J connectivity index is 2.31. The summed E-state index contributed by atoms with van der Waals surface area (Å²) in [7, 11) is -7.75. The fraction of sp³-hybridized carbons (Fsp3) is 0.455. The smallest absolute Gasteiger partial charge is 0.247 e. The molecule has 8 nitrogen and oxygen atoms in total. The zero-order valence-electron chi connectivity index (χ0n) is 11.3. The lowest BCUT2D eigenvalue weighted by Crippen LogP contribution is -2.22. The van der Waals surface area contributed by atoms with Crippen LogP contribution in [0.5, 0.6) is 11.5 Å². The summed E-state index contributed by atoms with van der Waals surface area (Å²) in [5.41, 5.74) is 5.93. The molecule has 1 aromatic carbocycles. The van der Waals surface area contributed by atoms with Gasteiger partial charge in [0, 0.05) is 24.8 Å². The van der Waals surface area contributed by atoms with Crippen LogP contribution >= 0.6 is 0 Å². The third-order valence-corrected chi connectivity index (χ3v) is 6.04. The summed E-state index contributed by atoms with van der Waals surface area (Å²) in [6.07, 6.45) is 1.54. The van der Waals surface area contributed by atoms with E-state index in [1.54, 1.807) is 0 Å². The Morgan fingerprint density at radius 2 is 1.71 bits per heavy atom. The number of hydrogen-bond donors (Lipinski definition) is 2. The zero-order chi connectivity index (χ0) is 15.7. The van der Waals surface area contributed by atoms with Crippen LogP contribution in [0, 0.1) is 0 Å². The zero-order valence-corrected chi connectivity index (χ0v) is 13.0. The minimum Gasteiger partial charge on any atom is -0.489 e. The van der Waals surface area contributed by atoms with Crippen LogP contribution in [0.3, 0.4) is 0 Å². The first-order valence-corrected chi connectivity index (χ1v) is 9.75. The first kappa shape index (κ1) is 15.7. The molecule has 1 aliphatic rings. The standard InChI is InChI=1S/C11H16N2O6S2/c1-20(14,15)7-21(16,17)13-9-6-11-10(5-8(9)12)18-3-2-4-19-11/h5-6,13H,2-4,7,12H2,1H3. The third-order valence-electron chi connectivity index (χ3n) is 2.55. The number of ether oxygens (including phenoxy) is 2. The number of nitrogens with one attached hydrogen (secondary N) is 1. The number of nitrogen functional groups attached to an aromatic ring is 1. The molecule has 0 amide bonds. The highest BCUT2D eigenvalue weighted by Gasteiger charge is 2.21. The molecule has 0 saturated heterocycles. The molecule has 1 aromatic rings. The van der Waals surface area contributed by atoms with Crippen LogP contribution in [0.15, 0.2) is 12.1 Å². The van der Waals surface area contributed by atoms with Gasteiger partial charge in [-0.25, -0.2) is 16.8 Å². The Morgan fingerprint density at radius 1 is 1.14 bits per heavy atom.